The van der Waals surface area contributed by atoms with E-state index in [2.05, 4.69) is 74.6 Å². The minimum absolute atomic E-state index is 0. The third-order valence-electron chi connectivity index (χ3n) is 8.57. The van der Waals surface area contributed by atoms with Crippen LogP contribution in [0.1, 0.15) is 68.9 Å². The summed E-state index contributed by atoms with van der Waals surface area (Å²) in [6.45, 7) is 9.13. The number of carbonyl (C=O) groups excluding carboxylic acids is 1. The number of aromatic carboxylic acids is 1. The van der Waals surface area contributed by atoms with Crippen molar-refractivity contribution in [2.24, 2.45) is 0 Å². The number of nitrogens with zero attached hydrogens (tertiary/aromatic N) is 2. The first-order valence-corrected chi connectivity index (χ1v) is 18.1. The molecule has 2 heterocycles. The normalized spacial score (nSPS) is 13.3. The number of carboxylic acid groups (broad SMARTS) is 1. The summed E-state index contributed by atoms with van der Waals surface area (Å²) in [6, 6.07) is 30.6. The second-order valence-electron chi connectivity index (χ2n) is 12.4. The molecule has 0 aromatic heterocycles. The number of morpholine rings is 2. The number of aliphatic hydroxyl groups excluding tert-OH is 1. The third-order valence-corrected chi connectivity index (χ3v) is 8.57. The van der Waals surface area contributed by atoms with Gasteiger partial charge in [-0.3, -0.25) is 9.80 Å². The van der Waals surface area contributed by atoms with E-state index >= 15 is 0 Å². The van der Waals surface area contributed by atoms with Gasteiger partial charge in [0.1, 0.15) is 0 Å². The number of allylic oxidation sites excluding steroid dienone is 2. The van der Waals surface area contributed by atoms with Gasteiger partial charge in [-0.1, -0.05) is 87.1 Å². The van der Waals surface area contributed by atoms with Gasteiger partial charge in [0.05, 0.1) is 44.7 Å². The largest absolute Gasteiger partial charge is 1.00 e. The van der Waals surface area contributed by atoms with Crippen LogP contribution < -0.4 is 29.6 Å². The van der Waals surface area contributed by atoms with Crippen molar-refractivity contribution in [3.8, 4) is 23.7 Å². The van der Waals surface area contributed by atoms with E-state index in [0.29, 0.717) is 5.56 Å². The van der Waals surface area contributed by atoms with Crippen LogP contribution in [0.4, 0.5) is 0 Å². The van der Waals surface area contributed by atoms with Crippen LogP contribution in [0.5, 0.6) is 0 Å². The zero-order valence-corrected chi connectivity index (χ0v) is 34.9. The molecule has 0 amide bonds. The average molecular weight is 813 g/mol. The maximum atomic E-state index is 11.4. The second-order valence-corrected chi connectivity index (χ2v) is 12.4. The number of aliphatic hydroxyl groups is 1. The molecule has 0 radical (unpaired) electrons. The Bertz CT molecular complexity index is 1960. The number of esters is 1. The van der Waals surface area contributed by atoms with Crippen LogP contribution in [-0.2, 0) is 27.3 Å². The molecular formula is C48H57N2NaO8. The molecular weight excluding hydrogens is 756 g/mol. The van der Waals surface area contributed by atoms with Crippen LogP contribution in [0.2, 0.25) is 0 Å². The number of hydrogen-bond donors (Lipinski definition) is 2. The summed E-state index contributed by atoms with van der Waals surface area (Å²) in [4.78, 5) is 27.0. The van der Waals surface area contributed by atoms with Crippen LogP contribution >= 0.6 is 0 Å². The molecule has 0 atom stereocenters. The van der Waals surface area contributed by atoms with Gasteiger partial charge in [0, 0.05) is 57.5 Å². The topological polar surface area (TPSA) is 139 Å². The van der Waals surface area contributed by atoms with Gasteiger partial charge in [0.2, 0.25) is 0 Å². The molecule has 4 aromatic carbocycles. The van der Waals surface area contributed by atoms with Gasteiger partial charge in [-0.05, 0) is 95.1 Å². The Morgan fingerprint density at radius 2 is 0.983 bits per heavy atom. The fourth-order valence-corrected chi connectivity index (χ4v) is 5.53. The van der Waals surface area contributed by atoms with Crippen LogP contribution in [-0.4, -0.2) is 104 Å². The fraction of sp³-hybridized carbons (Fsp3) is 0.292. The Kier molecular flexibility index (Phi) is 28.6. The minimum atomic E-state index is -0.919. The van der Waals surface area contributed by atoms with E-state index in [1.807, 2.05) is 42.5 Å². The van der Waals surface area contributed by atoms with Crippen molar-refractivity contribution in [1.29, 1.82) is 0 Å². The maximum absolute atomic E-state index is 11.4. The molecule has 0 spiro atoms. The maximum Gasteiger partial charge on any atom is 1.00 e. The predicted octanol–water partition coefficient (Wildman–Crippen LogP) is 4.36. The van der Waals surface area contributed by atoms with Crippen LogP contribution in [0.3, 0.4) is 0 Å². The molecule has 0 aliphatic carbocycles. The smallest absolute Gasteiger partial charge is 0.870 e. The number of benzene rings is 4. The Morgan fingerprint density at radius 3 is 1.32 bits per heavy atom. The van der Waals surface area contributed by atoms with Crippen LogP contribution in [0.15, 0.2) is 109 Å². The summed E-state index contributed by atoms with van der Waals surface area (Å²) < 4.78 is 15.4. The molecule has 2 aliphatic rings. The minimum Gasteiger partial charge on any atom is -0.870 e. The first-order chi connectivity index (χ1) is 26.9. The number of rotatable bonds is 8. The van der Waals surface area contributed by atoms with Crippen molar-refractivity contribution in [2.45, 2.75) is 27.9 Å². The third kappa shape index (κ3) is 20.1. The summed E-state index contributed by atoms with van der Waals surface area (Å²) in [5.74, 6) is 11.1. The van der Waals surface area contributed by atoms with E-state index in [0.717, 1.165) is 95.1 Å². The molecule has 0 saturated carbocycles. The standard InChI is InChI=1S/C23H23NO3.C22H21NO3.CH4O.2CH4.Na.H2O/c1-26-23(25)22-12-10-20(11-13-22)5-3-2-4-19-6-8-21(9-7-19)18-24-14-16-27-17-15-24;24-22(25)21-11-9-19(10-12-21)4-2-1-3-18-5-7-20(8-6-18)17-23-13-15-26-16-14-23;1-2;;;;/h3,5-13H,14-18H2,1H3;2,4-12H,13-17H2,(H,24,25);2H,1H3;2*1H4;;1H2/q;;;;;+1;/p-1. The van der Waals surface area contributed by atoms with Crippen molar-refractivity contribution >= 4 is 24.1 Å². The Morgan fingerprint density at radius 1 is 0.627 bits per heavy atom. The Labute approximate surface area is 373 Å². The predicted molar refractivity (Wildman–Crippen MR) is 232 cm³/mol. The second kappa shape index (κ2) is 31.1. The molecule has 11 heteroatoms. The first-order valence-electron chi connectivity index (χ1n) is 18.1. The number of carbonyl (C=O) groups is 2. The Balaban J connectivity index is 0.00000103. The summed E-state index contributed by atoms with van der Waals surface area (Å²) in [5.41, 5.74) is 7.27. The van der Waals surface area contributed by atoms with E-state index in [1.54, 1.807) is 42.5 Å². The van der Waals surface area contributed by atoms with Crippen molar-refractivity contribution in [2.75, 3.05) is 66.8 Å². The summed E-state index contributed by atoms with van der Waals surface area (Å²) >= 11 is 0. The van der Waals surface area contributed by atoms with E-state index in [1.165, 1.54) is 18.2 Å². The molecule has 10 nitrogen and oxygen atoms in total. The fourth-order valence-electron chi connectivity index (χ4n) is 5.53. The molecule has 0 bridgehead atoms. The van der Waals surface area contributed by atoms with Gasteiger partial charge in [-0.2, -0.15) is 0 Å². The summed E-state index contributed by atoms with van der Waals surface area (Å²) in [7, 11) is 2.38. The first kappa shape index (κ1) is 54.2. The molecule has 2 aliphatic heterocycles. The van der Waals surface area contributed by atoms with Gasteiger partial charge < -0.3 is 29.9 Å². The molecule has 3 N–H and O–H groups in total. The van der Waals surface area contributed by atoms with E-state index in [9.17, 15) is 9.59 Å². The average Bonchev–Trinajstić information content (AvgIpc) is 3.24. The summed E-state index contributed by atoms with van der Waals surface area (Å²) in [5, 5.41) is 15.9. The monoisotopic (exact) mass is 812 g/mol. The van der Waals surface area contributed by atoms with Gasteiger partial charge in [-0.25, -0.2) is 9.59 Å². The molecule has 59 heavy (non-hydrogen) atoms. The van der Waals surface area contributed by atoms with Crippen molar-refractivity contribution in [3.05, 3.63) is 154 Å². The van der Waals surface area contributed by atoms with E-state index < -0.39 is 5.97 Å². The van der Waals surface area contributed by atoms with Gasteiger partial charge in [-0.15, -0.1) is 0 Å². The molecule has 2 saturated heterocycles. The van der Waals surface area contributed by atoms with Crippen molar-refractivity contribution in [3.63, 3.8) is 0 Å². The molecule has 6 rings (SSSR count). The SMILES string of the molecule is C.C.CO.COC(=O)c1ccc(C=CC#Cc2ccc(CN3CCOCC3)cc2)cc1.O=C(O)c1ccc(C=CC#Cc2ccc(CN3CCOCC3)cc2)cc1.[Na+].[OH-]. The van der Waals surface area contributed by atoms with Crippen LogP contribution in [0, 0.1) is 23.7 Å². The van der Waals surface area contributed by atoms with Gasteiger partial charge in [0.25, 0.3) is 0 Å². The number of methoxy groups -OCH3 is 1. The van der Waals surface area contributed by atoms with E-state index in [4.69, 9.17) is 19.7 Å². The number of ether oxygens (including phenoxy) is 3. The summed E-state index contributed by atoms with van der Waals surface area (Å²) in [6.07, 6.45) is 7.37. The van der Waals surface area contributed by atoms with Gasteiger partial charge in [0.15, 0.2) is 0 Å². The van der Waals surface area contributed by atoms with Crippen LogP contribution in [0.25, 0.3) is 12.2 Å². The number of hydrogen-bond acceptors (Lipinski definition) is 9. The zero-order valence-electron chi connectivity index (χ0n) is 32.9. The molecule has 0 unspecified atom stereocenters. The zero-order chi connectivity index (χ0) is 39.1. The molecule has 308 valence electrons. The molecule has 4 aromatic rings. The van der Waals surface area contributed by atoms with Crippen molar-refractivity contribution < 1.29 is 69.0 Å². The van der Waals surface area contributed by atoms with Gasteiger partial charge >= 0.3 is 41.5 Å². The molecule has 2 fully saturated rings. The Hall–Kier alpha value is -4.82. The van der Waals surface area contributed by atoms with Crippen molar-refractivity contribution in [1.82, 2.24) is 9.80 Å². The van der Waals surface area contributed by atoms with E-state index in [-0.39, 0.29) is 61.4 Å². The quantitative estimate of drug-likeness (QED) is 0.150. The number of carboxylic acids is 1.